The summed E-state index contributed by atoms with van der Waals surface area (Å²) < 4.78 is 0. The van der Waals surface area contributed by atoms with Crippen LogP contribution < -0.4 is 5.73 Å². The summed E-state index contributed by atoms with van der Waals surface area (Å²) in [6, 6.07) is 8.38. The van der Waals surface area contributed by atoms with Gasteiger partial charge in [-0.15, -0.1) is 0 Å². The van der Waals surface area contributed by atoms with E-state index < -0.39 is 5.54 Å². The van der Waals surface area contributed by atoms with Crippen molar-refractivity contribution < 1.29 is 0 Å². The van der Waals surface area contributed by atoms with Gasteiger partial charge in [0.2, 0.25) is 0 Å². The summed E-state index contributed by atoms with van der Waals surface area (Å²) in [5.74, 6) is 0. The van der Waals surface area contributed by atoms with E-state index in [9.17, 15) is 0 Å². The molecule has 18 heavy (non-hydrogen) atoms. The SMILES string of the molecule is C=C1CC(N(C)C)CCC1(N)c1ccccc1Cl. The summed E-state index contributed by atoms with van der Waals surface area (Å²) in [7, 11) is 4.22. The molecule has 0 radical (unpaired) electrons. The Bertz CT molecular complexity index is 456. The standard InChI is InChI=1S/C15H21ClN2/c1-11-10-12(18(2)3)8-9-15(11,17)13-6-4-5-7-14(13)16/h4-7,12H,1,8-10,17H2,2-3H3. The second-order valence-corrected chi connectivity index (χ2v) is 5.82. The lowest BCUT2D eigenvalue weighted by Gasteiger charge is -2.42. The average molecular weight is 265 g/mol. The Morgan fingerprint density at radius 3 is 2.61 bits per heavy atom. The van der Waals surface area contributed by atoms with E-state index >= 15 is 0 Å². The predicted molar refractivity (Wildman–Crippen MR) is 77.8 cm³/mol. The summed E-state index contributed by atoms with van der Waals surface area (Å²) in [5.41, 5.74) is 8.21. The van der Waals surface area contributed by atoms with Gasteiger partial charge in [-0.1, -0.05) is 42.0 Å². The van der Waals surface area contributed by atoms with Gasteiger partial charge < -0.3 is 10.6 Å². The zero-order chi connectivity index (χ0) is 13.3. The highest BCUT2D eigenvalue weighted by Crippen LogP contribution is 2.41. The molecule has 0 spiro atoms. The first-order chi connectivity index (χ1) is 8.45. The second kappa shape index (κ2) is 5.04. The zero-order valence-corrected chi connectivity index (χ0v) is 11.9. The van der Waals surface area contributed by atoms with E-state index in [2.05, 4.69) is 25.6 Å². The molecule has 2 rings (SSSR count). The first-order valence-electron chi connectivity index (χ1n) is 6.33. The molecule has 2 N–H and O–H groups in total. The minimum atomic E-state index is -0.467. The molecule has 98 valence electrons. The lowest BCUT2D eigenvalue weighted by Crippen LogP contribution is -2.46. The van der Waals surface area contributed by atoms with Crippen LogP contribution in [0.2, 0.25) is 5.02 Å². The Morgan fingerprint density at radius 1 is 1.39 bits per heavy atom. The number of hydrogen-bond donors (Lipinski definition) is 1. The fourth-order valence-corrected chi connectivity index (χ4v) is 3.03. The van der Waals surface area contributed by atoms with Crippen LogP contribution in [0.4, 0.5) is 0 Å². The number of rotatable bonds is 2. The predicted octanol–water partition coefficient (Wildman–Crippen LogP) is 3.16. The topological polar surface area (TPSA) is 29.3 Å². The maximum atomic E-state index is 6.58. The van der Waals surface area contributed by atoms with Crippen LogP contribution in [0.15, 0.2) is 36.4 Å². The van der Waals surface area contributed by atoms with Crippen LogP contribution in [0.1, 0.15) is 24.8 Å². The maximum absolute atomic E-state index is 6.58. The monoisotopic (exact) mass is 264 g/mol. The molecule has 0 heterocycles. The third kappa shape index (κ3) is 2.33. The number of halogens is 1. The van der Waals surface area contributed by atoms with E-state index in [1.165, 1.54) is 0 Å². The number of benzene rings is 1. The molecule has 1 saturated carbocycles. The molecule has 1 aromatic carbocycles. The highest BCUT2D eigenvalue weighted by Gasteiger charge is 2.38. The Kier molecular flexibility index (Phi) is 3.81. The smallest absolute Gasteiger partial charge is 0.0638 e. The molecule has 2 unspecified atom stereocenters. The molecule has 1 fully saturated rings. The van der Waals surface area contributed by atoms with Gasteiger partial charge in [0, 0.05) is 11.1 Å². The third-order valence-corrected chi connectivity index (χ3v) is 4.40. The van der Waals surface area contributed by atoms with Crippen LogP contribution in [0.25, 0.3) is 0 Å². The summed E-state index contributed by atoms with van der Waals surface area (Å²) in [5, 5.41) is 0.740. The molecule has 2 atom stereocenters. The van der Waals surface area contributed by atoms with E-state index in [0.717, 1.165) is 35.4 Å². The first kappa shape index (κ1) is 13.6. The van der Waals surface area contributed by atoms with Crippen molar-refractivity contribution in [3.05, 3.63) is 47.0 Å². The van der Waals surface area contributed by atoms with Gasteiger partial charge in [-0.05, 0) is 45.0 Å². The number of nitrogens with zero attached hydrogens (tertiary/aromatic N) is 1. The van der Waals surface area contributed by atoms with Gasteiger partial charge in [0.15, 0.2) is 0 Å². The van der Waals surface area contributed by atoms with Crippen LogP contribution in [0.5, 0.6) is 0 Å². The van der Waals surface area contributed by atoms with Crippen molar-refractivity contribution >= 4 is 11.6 Å². The summed E-state index contributed by atoms with van der Waals surface area (Å²) in [6.07, 6.45) is 2.92. The zero-order valence-electron chi connectivity index (χ0n) is 11.1. The molecular formula is C15H21ClN2. The minimum absolute atomic E-state index is 0.467. The lowest BCUT2D eigenvalue weighted by molar-refractivity contribution is 0.219. The molecule has 2 nitrogen and oxygen atoms in total. The molecule has 0 bridgehead atoms. The molecule has 3 heteroatoms. The highest BCUT2D eigenvalue weighted by molar-refractivity contribution is 6.31. The summed E-state index contributed by atoms with van der Waals surface area (Å²) in [4.78, 5) is 2.25. The Balaban J connectivity index is 2.29. The molecule has 1 aliphatic rings. The molecule has 1 aromatic rings. The van der Waals surface area contributed by atoms with Crippen LogP contribution in [-0.2, 0) is 5.54 Å². The van der Waals surface area contributed by atoms with Crippen molar-refractivity contribution in [1.29, 1.82) is 0 Å². The van der Waals surface area contributed by atoms with Crippen molar-refractivity contribution in [3.8, 4) is 0 Å². The van der Waals surface area contributed by atoms with Crippen LogP contribution in [0, 0.1) is 0 Å². The first-order valence-corrected chi connectivity index (χ1v) is 6.71. The Morgan fingerprint density at radius 2 is 2.06 bits per heavy atom. The van der Waals surface area contributed by atoms with Crippen LogP contribution in [-0.4, -0.2) is 25.0 Å². The van der Waals surface area contributed by atoms with E-state index in [4.69, 9.17) is 17.3 Å². The quantitative estimate of drug-likeness (QED) is 0.832. The largest absolute Gasteiger partial charge is 0.318 e. The van der Waals surface area contributed by atoms with Crippen LogP contribution >= 0.6 is 11.6 Å². The fraction of sp³-hybridized carbons (Fsp3) is 0.467. The number of hydrogen-bond acceptors (Lipinski definition) is 2. The van der Waals surface area contributed by atoms with Crippen molar-refractivity contribution in [3.63, 3.8) is 0 Å². The lowest BCUT2D eigenvalue weighted by atomic mass is 9.72. The van der Waals surface area contributed by atoms with Gasteiger partial charge in [-0.25, -0.2) is 0 Å². The van der Waals surface area contributed by atoms with E-state index in [0.29, 0.717) is 6.04 Å². The van der Waals surface area contributed by atoms with Crippen molar-refractivity contribution in [2.45, 2.75) is 30.8 Å². The maximum Gasteiger partial charge on any atom is 0.0638 e. The summed E-state index contributed by atoms with van der Waals surface area (Å²) in [6.45, 7) is 4.21. The van der Waals surface area contributed by atoms with Gasteiger partial charge in [0.1, 0.15) is 0 Å². The van der Waals surface area contributed by atoms with Gasteiger partial charge in [-0.3, -0.25) is 0 Å². The van der Waals surface area contributed by atoms with Gasteiger partial charge >= 0.3 is 0 Å². The Hall–Kier alpha value is -0.830. The van der Waals surface area contributed by atoms with Crippen LogP contribution in [0.3, 0.4) is 0 Å². The van der Waals surface area contributed by atoms with Gasteiger partial charge in [0.25, 0.3) is 0 Å². The third-order valence-electron chi connectivity index (χ3n) is 4.07. The molecule has 0 aliphatic heterocycles. The molecular weight excluding hydrogens is 244 g/mol. The Labute approximate surface area is 114 Å². The van der Waals surface area contributed by atoms with Crippen molar-refractivity contribution in [1.82, 2.24) is 4.90 Å². The summed E-state index contributed by atoms with van der Waals surface area (Å²) >= 11 is 6.28. The molecule has 0 aromatic heterocycles. The molecule has 0 amide bonds. The van der Waals surface area contributed by atoms with E-state index in [1.54, 1.807) is 0 Å². The molecule has 0 saturated heterocycles. The normalized spacial score (nSPS) is 28.7. The second-order valence-electron chi connectivity index (χ2n) is 5.41. The van der Waals surface area contributed by atoms with Crippen molar-refractivity contribution in [2.24, 2.45) is 5.73 Å². The average Bonchev–Trinajstić information content (AvgIpc) is 2.33. The minimum Gasteiger partial charge on any atom is -0.318 e. The van der Waals surface area contributed by atoms with E-state index in [-0.39, 0.29) is 0 Å². The number of nitrogens with two attached hydrogens (primary N) is 1. The molecule has 1 aliphatic carbocycles. The van der Waals surface area contributed by atoms with Gasteiger partial charge in [0.05, 0.1) is 5.54 Å². The fourth-order valence-electron chi connectivity index (χ4n) is 2.73. The van der Waals surface area contributed by atoms with Crippen molar-refractivity contribution in [2.75, 3.05) is 14.1 Å². The van der Waals surface area contributed by atoms with E-state index in [1.807, 2.05) is 24.3 Å². The highest BCUT2D eigenvalue weighted by atomic mass is 35.5. The van der Waals surface area contributed by atoms with Gasteiger partial charge in [-0.2, -0.15) is 0 Å².